The summed E-state index contributed by atoms with van der Waals surface area (Å²) in [5, 5.41) is 2.95. The number of benzene rings is 1. The number of anilines is 1. The van der Waals surface area contributed by atoms with Crippen molar-refractivity contribution in [2.45, 2.75) is 67.7 Å². The van der Waals surface area contributed by atoms with Crippen LogP contribution in [0.3, 0.4) is 0 Å². The summed E-state index contributed by atoms with van der Waals surface area (Å²) in [6.07, 6.45) is 2.64. The lowest BCUT2D eigenvalue weighted by Crippen LogP contribution is -2.11. The summed E-state index contributed by atoms with van der Waals surface area (Å²) in [5.41, 5.74) is 3.50. The van der Waals surface area contributed by atoms with Gasteiger partial charge in [-0.1, -0.05) is 60.1 Å². The molecule has 0 atom stereocenters. The van der Waals surface area contributed by atoms with Gasteiger partial charge in [-0.15, -0.1) is 0 Å². The molecule has 0 aliphatic carbocycles. The van der Waals surface area contributed by atoms with Crippen LogP contribution in [0.4, 0.5) is 5.69 Å². The molecule has 0 heterocycles. The van der Waals surface area contributed by atoms with Gasteiger partial charge in [0.1, 0.15) is 0 Å². The number of hydrogen-bond donors (Lipinski definition) is 1. The van der Waals surface area contributed by atoms with Crippen LogP contribution in [0.15, 0.2) is 18.2 Å². The minimum atomic E-state index is 0.0814. The van der Waals surface area contributed by atoms with Crippen molar-refractivity contribution in [1.82, 2.24) is 0 Å². The lowest BCUT2D eigenvalue weighted by molar-refractivity contribution is -0.115. The highest BCUT2D eigenvalue weighted by molar-refractivity contribution is 5.91. The van der Waals surface area contributed by atoms with Gasteiger partial charge in [0.2, 0.25) is 5.91 Å². The van der Waals surface area contributed by atoms with Crippen molar-refractivity contribution < 1.29 is 4.79 Å². The van der Waals surface area contributed by atoms with E-state index in [9.17, 15) is 4.79 Å². The molecule has 1 amide bonds. The summed E-state index contributed by atoms with van der Waals surface area (Å²) in [4.78, 5) is 11.3. The first kappa shape index (κ1) is 20.0. The topological polar surface area (TPSA) is 29.1 Å². The Bertz CT molecular complexity index is 345. The zero-order chi connectivity index (χ0) is 15.3. The number of nitrogens with one attached hydrogen (secondary N) is 1. The van der Waals surface area contributed by atoms with Gasteiger partial charge < -0.3 is 5.32 Å². The first-order valence-corrected chi connectivity index (χ1v) is 7.57. The number of amides is 1. The molecule has 0 aliphatic rings. The van der Waals surface area contributed by atoms with Gasteiger partial charge in [0.25, 0.3) is 0 Å². The van der Waals surface area contributed by atoms with Gasteiger partial charge in [-0.05, 0) is 30.5 Å². The standard InChI is InChI=1S/C13H19NO.2C2H6/c1-4-7-11-10(3)8-6-9-12(11)14-13(15)5-2;2*1-2/h6,8-9H,4-5,7H2,1-3H3,(H,14,15);2*1-2H3. The summed E-state index contributed by atoms with van der Waals surface area (Å²) >= 11 is 0. The Labute approximate surface area is 119 Å². The van der Waals surface area contributed by atoms with E-state index in [0.29, 0.717) is 6.42 Å². The second-order valence-electron chi connectivity index (χ2n) is 3.75. The lowest BCUT2D eigenvalue weighted by Gasteiger charge is -2.12. The Hall–Kier alpha value is -1.31. The predicted molar refractivity (Wildman–Crippen MR) is 86.8 cm³/mol. The molecule has 1 rings (SSSR count). The van der Waals surface area contributed by atoms with Crippen LogP contribution in [0.1, 0.15) is 65.5 Å². The number of rotatable bonds is 4. The van der Waals surface area contributed by atoms with Crippen molar-refractivity contribution >= 4 is 11.6 Å². The van der Waals surface area contributed by atoms with E-state index in [0.717, 1.165) is 18.5 Å². The van der Waals surface area contributed by atoms with E-state index in [1.54, 1.807) is 0 Å². The van der Waals surface area contributed by atoms with Crippen LogP contribution in [-0.4, -0.2) is 5.91 Å². The van der Waals surface area contributed by atoms with E-state index < -0.39 is 0 Å². The molecule has 1 aromatic rings. The van der Waals surface area contributed by atoms with Crippen molar-refractivity contribution in [2.75, 3.05) is 5.32 Å². The van der Waals surface area contributed by atoms with Gasteiger partial charge in [0, 0.05) is 12.1 Å². The van der Waals surface area contributed by atoms with Crippen LogP contribution < -0.4 is 5.32 Å². The van der Waals surface area contributed by atoms with E-state index in [2.05, 4.69) is 25.2 Å². The van der Waals surface area contributed by atoms with Crippen molar-refractivity contribution in [3.8, 4) is 0 Å². The van der Waals surface area contributed by atoms with E-state index in [4.69, 9.17) is 0 Å². The number of hydrogen-bond acceptors (Lipinski definition) is 1. The molecule has 19 heavy (non-hydrogen) atoms. The molecule has 0 saturated heterocycles. The molecule has 0 spiro atoms. The molecule has 0 radical (unpaired) electrons. The fraction of sp³-hybridized carbons (Fsp3) is 0.588. The van der Waals surface area contributed by atoms with Crippen LogP contribution in [0.2, 0.25) is 0 Å². The van der Waals surface area contributed by atoms with Gasteiger partial charge in [-0.2, -0.15) is 0 Å². The van der Waals surface area contributed by atoms with Crippen molar-refractivity contribution in [1.29, 1.82) is 0 Å². The van der Waals surface area contributed by atoms with Gasteiger partial charge >= 0.3 is 0 Å². The normalized spacial score (nSPS) is 8.58. The average Bonchev–Trinajstić information content (AvgIpc) is 2.47. The molecule has 1 N–H and O–H groups in total. The Morgan fingerprint density at radius 3 is 2.16 bits per heavy atom. The maximum Gasteiger partial charge on any atom is 0.224 e. The third-order valence-corrected chi connectivity index (χ3v) is 2.51. The SMILES string of the molecule is CC.CC.CCCc1c(C)cccc1NC(=O)CC. The number of aryl methyl sites for hydroxylation is 1. The average molecular weight is 265 g/mol. The number of carbonyl (C=O) groups is 1. The monoisotopic (exact) mass is 265 g/mol. The van der Waals surface area contributed by atoms with Crippen molar-refractivity contribution in [2.24, 2.45) is 0 Å². The molecule has 0 bridgehead atoms. The van der Waals surface area contributed by atoms with Crippen LogP contribution >= 0.6 is 0 Å². The van der Waals surface area contributed by atoms with Crippen LogP contribution in [-0.2, 0) is 11.2 Å². The molecule has 0 aliphatic heterocycles. The maximum absolute atomic E-state index is 11.3. The zero-order valence-corrected chi connectivity index (χ0v) is 13.8. The second kappa shape index (κ2) is 13.1. The highest BCUT2D eigenvalue weighted by Gasteiger charge is 2.06. The van der Waals surface area contributed by atoms with Crippen molar-refractivity contribution in [3.05, 3.63) is 29.3 Å². The quantitative estimate of drug-likeness (QED) is 0.781. The molecule has 0 fully saturated rings. The van der Waals surface area contributed by atoms with E-state index >= 15 is 0 Å². The third-order valence-electron chi connectivity index (χ3n) is 2.51. The van der Waals surface area contributed by atoms with E-state index in [-0.39, 0.29) is 5.91 Å². The van der Waals surface area contributed by atoms with E-state index in [1.165, 1.54) is 11.1 Å². The van der Waals surface area contributed by atoms with Crippen LogP contribution in [0.25, 0.3) is 0 Å². The minimum absolute atomic E-state index is 0.0814. The zero-order valence-electron chi connectivity index (χ0n) is 13.8. The van der Waals surface area contributed by atoms with E-state index in [1.807, 2.05) is 46.8 Å². The molecule has 0 aromatic heterocycles. The Kier molecular flexibility index (Phi) is 13.8. The second-order valence-corrected chi connectivity index (χ2v) is 3.75. The molecular weight excluding hydrogens is 234 g/mol. The smallest absolute Gasteiger partial charge is 0.224 e. The Morgan fingerprint density at radius 2 is 1.68 bits per heavy atom. The van der Waals surface area contributed by atoms with Crippen molar-refractivity contribution in [3.63, 3.8) is 0 Å². The predicted octanol–water partition coefficient (Wildman–Crippen LogP) is 5.35. The molecule has 1 aromatic carbocycles. The Morgan fingerprint density at radius 1 is 1.11 bits per heavy atom. The van der Waals surface area contributed by atoms with Gasteiger partial charge in [0.15, 0.2) is 0 Å². The molecule has 0 unspecified atom stereocenters. The summed E-state index contributed by atoms with van der Waals surface area (Å²) in [6, 6.07) is 6.05. The largest absolute Gasteiger partial charge is 0.326 e. The molecule has 2 nitrogen and oxygen atoms in total. The van der Waals surface area contributed by atoms with Crippen LogP contribution in [0, 0.1) is 6.92 Å². The minimum Gasteiger partial charge on any atom is -0.326 e. The fourth-order valence-electron chi connectivity index (χ4n) is 1.64. The Balaban J connectivity index is 0. The first-order valence-electron chi connectivity index (χ1n) is 7.57. The summed E-state index contributed by atoms with van der Waals surface area (Å²) < 4.78 is 0. The lowest BCUT2D eigenvalue weighted by atomic mass is 10.0. The van der Waals surface area contributed by atoms with Gasteiger partial charge in [-0.3, -0.25) is 4.79 Å². The highest BCUT2D eigenvalue weighted by atomic mass is 16.1. The summed E-state index contributed by atoms with van der Waals surface area (Å²) in [6.45, 7) is 14.1. The van der Waals surface area contributed by atoms with Crippen LogP contribution in [0.5, 0.6) is 0 Å². The molecule has 2 heteroatoms. The van der Waals surface area contributed by atoms with Gasteiger partial charge in [0.05, 0.1) is 0 Å². The third kappa shape index (κ3) is 7.66. The van der Waals surface area contributed by atoms with Gasteiger partial charge in [-0.25, -0.2) is 0 Å². The molecular formula is C17H31NO. The highest BCUT2D eigenvalue weighted by Crippen LogP contribution is 2.21. The summed E-state index contributed by atoms with van der Waals surface area (Å²) in [7, 11) is 0. The molecule has 110 valence electrons. The first-order chi connectivity index (χ1) is 9.19. The molecule has 0 saturated carbocycles. The maximum atomic E-state index is 11.3. The number of carbonyl (C=O) groups excluding carboxylic acids is 1. The fourth-order valence-corrected chi connectivity index (χ4v) is 1.64. The summed E-state index contributed by atoms with van der Waals surface area (Å²) in [5.74, 6) is 0.0814.